The van der Waals surface area contributed by atoms with Crippen molar-refractivity contribution in [3.8, 4) is 0 Å². The lowest BCUT2D eigenvalue weighted by atomic mass is 10.1. The van der Waals surface area contributed by atoms with E-state index in [2.05, 4.69) is 36.5 Å². The number of halogens is 3. The quantitative estimate of drug-likeness (QED) is 0.349. The van der Waals surface area contributed by atoms with Crippen LogP contribution in [0.3, 0.4) is 0 Å². The van der Waals surface area contributed by atoms with E-state index in [0.29, 0.717) is 18.2 Å². The predicted octanol–water partition coefficient (Wildman–Crippen LogP) is 3.89. The van der Waals surface area contributed by atoms with Gasteiger partial charge in [0, 0.05) is 41.8 Å². The van der Waals surface area contributed by atoms with Gasteiger partial charge in [-0.3, -0.25) is 0 Å². The molecule has 140 valence electrons. The molecule has 1 saturated carbocycles. The van der Waals surface area contributed by atoms with Crippen LogP contribution >= 0.6 is 39.9 Å². The van der Waals surface area contributed by atoms with E-state index < -0.39 is 0 Å². The first-order valence-corrected chi connectivity index (χ1v) is 9.68. The Balaban J connectivity index is 0.00000225. The molecule has 2 N–H and O–H groups in total. The Hall–Kier alpha value is -0.410. The number of piperidine rings is 1. The molecule has 4 nitrogen and oxygen atoms in total. The monoisotopic (exact) mass is 524 g/mol. The van der Waals surface area contributed by atoms with Crippen molar-refractivity contribution in [3.63, 3.8) is 0 Å². The minimum Gasteiger partial charge on any atom is -0.357 e. The van der Waals surface area contributed by atoms with E-state index in [4.69, 9.17) is 0 Å². The zero-order valence-electron chi connectivity index (χ0n) is 14.6. The molecule has 1 aromatic rings. The molecule has 2 aliphatic rings. The van der Waals surface area contributed by atoms with E-state index in [0.717, 1.165) is 35.9 Å². The van der Waals surface area contributed by atoms with E-state index in [1.807, 2.05) is 13.0 Å². The number of hydrogen-bond acceptors (Lipinski definition) is 2. The summed E-state index contributed by atoms with van der Waals surface area (Å²) in [5.41, 5.74) is 0.610. The Morgan fingerprint density at radius 2 is 2.00 bits per heavy atom. The molecule has 2 fully saturated rings. The van der Waals surface area contributed by atoms with Gasteiger partial charge in [0.05, 0.1) is 6.54 Å². The number of aliphatic imine (C=N–C) groups is 1. The van der Waals surface area contributed by atoms with Crippen LogP contribution in [0.15, 0.2) is 27.7 Å². The van der Waals surface area contributed by atoms with Crippen molar-refractivity contribution in [2.75, 3.05) is 19.6 Å². The summed E-state index contributed by atoms with van der Waals surface area (Å²) in [6.07, 6.45) is 5.04. The van der Waals surface area contributed by atoms with Crippen LogP contribution in [-0.4, -0.2) is 42.6 Å². The fraction of sp³-hybridized carbons (Fsp3) is 0.611. The van der Waals surface area contributed by atoms with E-state index in [9.17, 15) is 4.39 Å². The van der Waals surface area contributed by atoms with Gasteiger partial charge in [-0.1, -0.05) is 22.0 Å². The topological polar surface area (TPSA) is 39.7 Å². The molecular weight excluding hydrogens is 498 g/mol. The molecular formula is C18H27BrFIN4. The molecule has 0 amide bonds. The zero-order valence-corrected chi connectivity index (χ0v) is 18.5. The van der Waals surface area contributed by atoms with E-state index >= 15 is 0 Å². The molecule has 7 heteroatoms. The predicted molar refractivity (Wildman–Crippen MR) is 115 cm³/mol. The molecule has 1 heterocycles. The lowest BCUT2D eigenvalue weighted by Gasteiger charge is -2.33. The highest BCUT2D eigenvalue weighted by Gasteiger charge is 2.31. The summed E-state index contributed by atoms with van der Waals surface area (Å²) >= 11 is 3.28. The summed E-state index contributed by atoms with van der Waals surface area (Å²) in [6, 6.07) is 6.42. The van der Waals surface area contributed by atoms with Gasteiger partial charge in [0.2, 0.25) is 0 Å². The Bertz CT molecular complexity index is 586. The van der Waals surface area contributed by atoms with Crippen molar-refractivity contribution in [2.24, 2.45) is 4.99 Å². The van der Waals surface area contributed by atoms with E-state index in [-0.39, 0.29) is 29.8 Å². The molecule has 0 bridgehead atoms. The van der Waals surface area contributed by atoms with Crippen LogP contribution in [-0.2, 0) is 6.54 Å². The molecule has 25 heavy (non-hydrogen) atoms. The van der Waals surface area contributed by atoms with Crippen molar-refractivity contribution >= 4 is 45.9 Å². The summed E-state index contributed by atoms with van der Waals surface area (Å²) in [5, 5.41) is 6.79. The summed E-state index contributed by atoms with van der Waals surface area (Å²) in [4.78, 5) is 7.17. The standard InChI is InChI=1S/C18H26BrFN4.HI/c1-2-21-18(22-12-13-3-4-14(19)11-17(13)20)23-15-7-9-24(10-8-15)16-5-6-16;/h3-4,11,15-16H,2,5-10,12H2,1H3,(H2,21,22,23);1H. The van der Waals surface area contributed by atoms with Gasteiger partial charge in [-0.15, -0.1) is 24.0 Å². The minimum atomic E-state index is -0.221. The number of nitrogens with one attached hydrogen (secondary N) is 2. The van der Waals surface area contributed by atoms with Gasteiger partial charge in [-0.05, 0) is 44.7 Å². The van der Waals surface area contributed by atoms with Crippen molar-refractivity contribution in [2.45, 2.75) is 51.2 Å². The van der Waals surface area contributed by atoms with Crippen molar-refractivity contribution in [1.29, 1.82) is 0 Å². The number of nitrogens with zero attached hydrogens (tertiary/aromatic N) is 2. The molecule has 0 radical (unpaired) electrons. The number of hydrogen-bond donors (Lipinski definition) is 2. The summed E-state index contributed by atoms with van der Waals surface area (Å²) in [6.45, 7) is 5.53. The molecule has 0 unspecified atom stereocenters. The highest BCUT2D eigenvalue weighted by atomic mass is 127. The fourth-order valence-corrected chi connectivity index (χ4v) is 3.51. The van der Waals surface area contributed by atoms with Crippen LogP contribution in [0.2, 0.25) is 0 Å². The SMILES string of the molecule is CCNC(=NCc1ccc(Br)cc1F)NC1CCN(C2CC2)CC1.I. The molecule has 0 spiro atoms. The number of guanidine groups is 1. The highest BCUT2D eigenvalue weighted by molar-refractivity contribution is 14.0. The van der Waals surface area contributed by atoms with Gasteiger partial charge in [0.1, 0.15) is 5.82 Å². The van der Waals surface area contributed by atoms with Crippen LogP contribution in [0, 0.1) is 5.82 Å². The first kappa shape index (κ1) is 20.9. The summed E-state index contributed by atoms with van der Waals surface area (Å²) < 4.78 is 14.7. The Labute approximate surface area is 175 Å². The maximum absolute atomic E-state index is 13.9. The first-order valence-electron chi connectivity index (χ1n) is 8.88. The second kappa shape index (κ2) is 10.1. The van der Waals surface area contributed by atoms with Crippen LogP contribution in [0.1, 0.15) is 38.2 Å². The zero-order chi connectivity index (χ0) is 16.9. The van der Waals surface area contributed by atoms with Crippen LogP contribution in [0.25, 0.3) is 0 Å². The fourth-order valence-electron chi connectivity index (χ4n) is 3.18. The molecule has 1 aliphatic heterocycles. The summed E-state index contributed by atoms with van der Waals surface area (Å²) in [7, 11) is 0. The second-order valence-electron chi connectivity index (χ2n) is 6.62. The molecule has 1 saturated heterocycles. The van der Waals surface area contributed by atoms with Gasteiger partial charge in [-0.2, -0.15) is 0 Å². The lowest BCUT2D eigenvalue weighted by Crippen LogP contribution is -2.49. The molecule has 3 rings (SSSR count). The normalized spacial score (nSPS) is 19.4. The molecule has 1 aromatic carbocycles. The van der Waals surface area contributed by atoms with Crippen LogP contribution in [0.5, 0.6) is 0 Å². The number of likely N-dealkylation sites (tertiary alicyclic amines) is 1. The molecule has 0 aromatic heterocycles. The maximum Gasteiger partial charge on any atom is 0.191 e. The van der Waals surface area contributed by atoms with Crippen LogP contribution < -0.4 is 10.6 Å². The van der Waals surface area contributed by atoms with Crippen LogP contribution in [0.4, 0.5) is 4.39 Å². The molecule has 0 atom stereocenters. The van der Waals surface area contributed by atoms with Crippen molar-refractivity contribution in [3.05, 3.63) is 34.1 Å². The van der Waals surface area contributed by atoms with Gasteiger partial charge < -0.3 is 15.5 Å². The third-order valence-corrected chi connectivity index (χ3v) is 5.19. The molecule has 1 aliphatic carbocycles. The number of benzene rings is 1. The Morgan fingerprint density at radius 1 is 1.28 bits per heavy atom. The second-order valence-corrected chi connectivity index (χ2v) is 7.53. The Morgan fingerprint density at radius 3 is 2.60 bits per heavy atom. The average Bonchev–Trinajstić information content (AvgIpc) is 3.40. The van der Waals surface area contributed by atoms with Gasteiger partial charge in [0.15, 0.2) is 5.96 Å². The third-order valence-electron chi connectivity index (χ3n) is 4.70. The van der Waals surface area contributed by atoms with Gasteiger partial charge >= 0.3 is 0 Å². The third kappa shape index (κ3) is 6.36. The summed E-state index contributed by atoms with van der Waals surface area (Å²) in [5.74, 6) is 0.561. The highest BCUT2D eigenvalue weighted by Crippen LogP contribution is 2.29. The lowest BCUT2D eigenvalue weighted by molar-refractivity contribution is 0.197. The minimum absolute atomic E-state index is 0. The average molecular weight is 525 g/mol. The number of rotatable bonds is 5. The van der Waals surface area contributed by atoms with Gasteiger partial charge in [0.25, 0.3) is 0 Å². The Kier molecular flexibility index (Phi) is 8.41. The van der Waals surface area contributed by atoms with E-state index in [1.54, 1.807) is 6.07 Å². The first-order chi connectivity index (χ1) is 11.7. The maximum atomic E-state index is 13.9. The van der Waals surface area contributed by atoms with E-state index in [1.165, 1.54) is 32.0 Å². The van der Waals surface area contributed by atoms with Gasteiger partial charge in [-0.25, -0.2) is 9.38 Å². The smallest absolute Gasteiger partial charge is 0.191 e. The van der Waals surface area contributed by atoms with Crippen molar-refractivity contribution in [1.82, 2.24) is 15.5 Å². The largest absolute Gasteiger partial charge is 0.357 e. The van der Waals surface area contributed by atoms with Crippen molar-refractivity contribution < 1.29 is 4.39 Å².